The first kappa shape index (κ1) is 16.4. The van der Waals surface area contributed by atoms with Crippen LogP contribution in [0.2, 0.25) is 0 Å². The van der Waals surface area contributed by atoms with Crippen LogP contribution in [-0.2, 0) is 9.59 Å². The Balaban J connectivity index is 1.69. The molecule has 0 heterocycles. The van der Waals surface area contributed by atoms with Gasteiger partial charge in [-0.25, -0.2) is 11.7 Å². The Kier molecular flexibility index (Phi) is 4.64. The van der Waals surface area contributed by atoms with Crippen molar-refractivity contribution in [3.05, 3.63) is 0 Å². The summed E-state index contributed by atoms with van der Waals surface area (Å²) in [4.78, 5) is 23.0. The van der Waals surface area contributed by atoms with Crippen molar-refractivity contribution in [1.29, 1.82) is 0 Å². The van der Waals surface area contributed by atoms with Crippen LogP contribution >= 0.6 is 23.5 Å². The van der Waals surface area contributed by atoms with Crippen LogP contribution in [0.15, 0.2) is 0 Å². The van der Waals surface area contributed by atoms with Crippen LogP contribution in [0.4, 0.5) is 0 Å². The van der Waals surface area contributed by atoms with Crippen LogP contribution in [0.1, 0.15) is 38.5 Å². The summed E-state index contributed by atoms with van der Waals surface area (Å²) in [7, 11) is 0. The molecule has 4 bridgehead atoms. The Bertz CT molecular complexity index is 422. The maximum Gasteiger partial charge on any atom is 0.243 e. The van der Waals surface area contributed by atoms with Gasteiger partial charge in [0.15, 0.2) is 0 Å². The molecule has 0 unspecified atom stereocenters. The fourth-order valence-corrected chi connectivity index (χ4v) is 8.26. The number of hydrogen-bond acceptors (Lipinski definition) is 6. The zero-order chi connectivity index (χ0) is 15.8. The second kappa shape index (κ2) is 6.22. The molecule has 22 heavy (non-hydrogen) atoms. The summed E-state index contributed by atoms with van der Waals surface area (Å²) < 4.78 is 0.394. The van der Waals surface area contributed by atoms with E-state index in [-0.39, 0.29) is 21.3 Å². The second-order valence-electron chi connectivity index (χ2n) is 7.04. The zero-order valence-electron chi connectivity index (χ0n) is 12.6. The minimum absolute atomic E-state index is 0.107. The fraction of sp³-hybridized carbons (Fsp3) is 0.857. The Labute approximate surface area is 139 Å². The summed E-state index contributed by atoms with van der Waals surface area (Å²) in [5.41, 5.74) is 4.45. The summed E-state index contributed by atoms with van der Waals surface area (Å²) in [5.74, 6) is 12.5. The summed E-state index contributed by atoms with van der Waals surface area (Å²) in [6, 6.07) is 0. The van der Waals surface area contributed by atoms with Crippen molar-refractivity contribution in [1.82, 2.24) is 10.9 Å². The smallest absolute Gasteiger partial charge is 0.243 e. The molecule has 4 fully saturated rings. The summed E-state index contributed by atoms with van der Waals surface area (Å²) in [5, 5.41) is 0. The molecule has 4 saturated carbocycles. The summed E-state index contributed by atoms with van der Waals surface area (Å²) in [6.45, 7) is 0. The highest BCUT2D eigenvalue weighted by Crippen LogP contribution is 2.65. The molecular weight excluding hydrogens is 320 g/mol. The largest absolute Gasteiger partial charge is 0.294 e. The minimum Gasteiger partial charge on any atom is -0.294 e. The van der Waals surface area contributed by atoms with Gasteiger partial charge in [0, 0.05) is 9.49 Å². The molecule has 0 spiro atoms. The van der Waals surface area contributed by atoms with E-state index in [4.69, 9.17) is 11.7 Å². The van der Waals surface area contributed by atoms with E-state index in [1.54, 1.807) is 23.5 Å². The van der Waals surface area contributed by atoms with Crippen LogP contribution in [0.25, 0.3) is 0 Å². The third-order valence-corrected chi connectivity index (χ3v) is 8.29. The van der Waals surface area contributed by atoms with Gasteiger partial charge in [0.1, 0.15) is 0 Å². The van der Waals surface area contributed by atoms with Gasteiger partial charge in [-0.3, -0.25) is 20.4 Å². The van der Waals surface area contributed by atoms with Crippen molar-refractivity contribution in [3.8, 4) is 0 Å². The molecule has 6 nitrogen and oxygen atoms in total. The van der Waals surface area contributed by atoms with Gasteiger partial charge in [-0.05, 0) is 50.4 Å². The normalized spacial score (nSPS) is 38.8. The molecule has 0 aromatic rings. The first-order valence-corrected chi connectivity index (χ1v) is 9.72. The Morgan fingerprint density at radius 3 is 1.68 bits per heavy atom. The van der Waals surface area contributed by atoms with Crippen molar-refractivity contribution >= 4 is 35.3 Å². The van der Waals surface area contributed by atoms with E-state index in [1.807, 2.05) is 0 Å². The van der Waals surface area contributed by atoms with Crippen molar-refractivity contribution in [2.45, 2.75) is 48.0 Å². The molecule has 2 amide bonds. The van der Waals surface area contributed by atoms with E-state index >= 15 is 0 Å². The van der Waals surface area contributed by atoms with E-state index in [1.165, 1.54) is 32.1 Å². The number of hydrazine groups is 2. The number of carbonyl (C=O) groups is 2. The Morgan fingerprint density at radius 1 is 0.909 bits per heavy atom. The molecule has 0 radical (unpaired) electrons. The Hall–Kier alpha value is -0.440. The number of nitrogens with one attached hydrogen (secondary N) is 2. The molecule has 0 atom stereocenters. The highest BCUT2D eigenvalue weighted by atomic mass is 32.2. The maximum atomic E-state index is 11.5. The van der Waals surface area contributed by atoms with E-state index in [2.05, 4.69) is 10.9 Å². The lowest BCUT2D eigenvalue weighted by Crippen LogP contribution is -2.57. The van der Waals surface area contributed by atoms with Gasteiger partial charge in [-0.15, -0.1) is 23.5 Å². The molecule has 124 valence electrons. The molecular formula is C14H24N4O2S2. The maximum absolute atomic E-state index is 11.5. The van der Waals surface area contributed by atoms with Crippen LogP contribution in [-0.4, -0.2) is 32.8 Å². The lowest BCUT2D eigenvalue weighted by atomic mass is 9.55. The first-order valence-electron chi connectivity index (χ1n) is 7.75. The minimum atomic E-state index is -0.107. The lowest BCUT2D eigenvalue weighted by molar-refractivity contribution is -0.119. The zero-order valence-corrected chi connectivity index (χ0v) is 14.2. The van der Waals surface area contributed by atoms with Crippen molar-refractivity contribution < 1.29 is 9.59 Å². The van der Waals surface area contributed by atoms with Gasteiger partial charge in [-0.2, -0.15) is 0 Å². The number of hydrogen-bond donors (Lipinski definition) is 4. The third kappa shape index (κ3) is 3.25. The molecule has 0 saturated heterocycles. The standard InChI is InChI=1S/C14H24N4O2S2/c15-17-11(19)6-21-13-2-9-1-10(4-13)5-14(3-9,8-13)22-7-12(20)18-16/h9-10H,1-8,15-16H2,(H,17,19)(H,18,20). The number of rotatable bonds is 6. The number of carbonyl (C=O) groups excluding carboxylic acids is 2. The van der Waals surface area contributed by atoms with Crippen molar-refractivity contribution in [2.24, 2.45) is 23.5 Å². The molecule has 0 aromatic heterocycles. The van der Waals surface area contributed by atoms with E-state index in [9.17, 15) is 9.59 Å². The van der Waals surface area contributed by atoms with Crippen LogP contribution in [0, 0.1) is 11.8 Å². The number of amides is 2. The average Bonchev–Trinajstić information content (AvgIpc) is 2.49. The van der Waals surface area contributed by atoms with Crippen LogP contribution in [0.3, 0.4) is 0 Å². The van der Waals surface area contributed by atoms with E-state index in [0.29, 0.717) is 11.5 Å². The Morgan fingerprint density at radius 2 is 1.32 bits per heavy atom. The highest BCUT2D eigenvalue weighted by molar-refractivity contribution is 8.02. The van der Waals surface area contributed by atoms with Gasteiger partial charge >= 0.3 is 0 Å². The predicted octanol–water partition coefficient (Wildman–Crippen LogP) is 0.524. The van der Waals surface area contributed by atoms with E-state index < -0.39 is 0 Å². The number of nitrogens with two attached hydrogens (primary N) is 2. The lowest BCUT2D eigenvalue weighted by Gasteiger charge is -2.61. The molecule has 0 aromatic carbocycles. The summed E-state index contributed by atoms with van der Waals surface area (Å²) in [6.07, 6.45) is 7.23. The molecule has 6 N–H and O–H groups in total. The van der Waals surface area contributed by atoms with Crippen molar-refractivity contribution in [2.75, 3.05) is 11.5 Å². The topological polar surface area (TPSA) is 110 Å². The molecule has 8 heteroatoms. The van der Waals surface area contributed by atoms with Crippen LogP contribution in [0.5, 0.6) is 0 Å². The van der Waals surface area contributed by atoms with Gasteiger partial charge in [0.25, 0.3) is 0 Å². The SMILES string of the molecule is NNC(=O)CSC12CC3CC(C1)CC(SCC(=O)NN)(C3)C2. The predicted molar refractivity (Wildman–Crippen MR) is 89.7 cm³/mol. The third-order valence-electron chi connectivity index (χ3n) is 5.29. The van der Waals surface area contributed by atoms with Gasteiger partial charge < -0.3 is 0 Å². The quantitative estimate of drug-likeness (QED) is 0.318. The highest BCUT2D eigenvalue weighted by Gasteiger charge is 2.58. The van der Waals surface area contributed by atoms with Gasteiger partial charge in [-0.1, -0.05) is 0 Å². The van der Waals surface area contributed by atoms with Gasteiger partial charge in [0.05, 0.1) is 11.5 Å². The first-order chi connectivity index (χ1) is 10.5. The van der Waals surface area contributed by atoms with E-state index in [0.717, 1.165) is 18.3 Å². The second-order valence-corrected chi connectivity index (χ2v) is 9.93. The number of thioether (sulfide) groups is 2. The van der Waals surface area contributed by atoms with Crippen LogP contribution < -0.4 is 22.5 Å². The van der Waals surface area contributed by atoms with Crippen molar-refractivity contribution in [3.63, 3.8) is 0 Å². The fourth-order valence-electron chi connectivity index (χ4n) is 4.95. The molecule has 4 rings (SSSR count). The summed E-state index contributed by atoms with van der Waals surface area (Å²) >= 11 is 3.55. The molecule has 4 aliphatic carbocycles. The molecule has 0 aliphatic heterocycles. The van der Waals surface area contributed by atoms with Gasteiger partial charge in [0.2, 0.25) is 11.8 Å². The average molecular weight is 345 g/mol. The molecule has 4 aliphatic rings. The monoisotopic (exact) mass is 344 g/mol.